The van der Waals surface area contributed by atoms with Gasteiger partial charge in [-0.1, -0.05) is 11.8 Å². The van der Waals surface area contributed by atoms with Crippen molar-refractivity contribution in [3.8, 4) is 0 Å². The lowest BCUT2D eigenvalue weighted by Gasteiger charge is -2.56. The molecule has 1 aromatic heterocycles. The molecule has 27 heavy (non-hydrogen) atoms. The number of carbonyl (C=O) groups excluding carboxylic acids is 2. The van der Waals surface area contributed by atoms with Crippen LogP contribution in [-0.4, -0.2) is 33.6 Å². The summed E-state index contributed by atoms with van der Waals surface area (Å²) < 4.78 is 5.52. The van der Waals surface area contributed by atoms with E-state index in [1.54, 1.807) is 6.92 Å². The van der Waals surface area contributed by atoms with Gasteiger partial charge in [0.05, 0.1) is 5.75 Å². The van der Waals surface area contributed by atoms with Crippen LogP contribution in [0, 0.1) is 37.0 Å². The van der Waals surface area contributed by atoms with Gasteiger partial charge in [-0.3, -0.25) is 9.59 Å². The number of thioether (sulfide) groups is 1. The number of carbonyl (C=O) groups is 2. The highest BCUT2D eigenvalue weighted by molar-refractivity contribution is 7.99. The molecule has 0 aliphatic heterocycles. The van der Waals surface area contributed by atoms with E-state index in [4.69, 9.17) is 4.74 Å². The molecule has 0 saturated heterocycles. The van der Waals surface area contributed by atoms with Crippen molar-refractivity contribution in [1.82, 2.24) is 9.97 Å². The Labute approximate surface area is 165 Å². The van der Waals surface area contributed by atoms with Gasteiger partial charge in [-0.2, -0.15) is 0 Å². The van der Waals surface area contributed by atoms with Gasteiger partial charge in [-0.05, 0) is 83.1 Å². The van der Waals surface area contributed by atoms with E-state index in [-0.39, 0.29) is 22.9 Å². The minimum atomic E-state index is -0.658. The van der Waals surface area contributed by atoms with Crippen molar-refractivity contribution in [3.05, 3.63) is 17.5 Å². The largest absolute Gasteiger partial charge is 0.454 e. The van der Waals surface area contributed by atoms with Gasteiger partial charge >= 0.3 is 5.97 Å². The maximum absolute atomic E-state index is 13.2. The number of hydrogen-bond donors (Lipinski definition) is 0. The monoisotopic (exact) mass is 388 g/mol. The average molecular weight is 389 g/mol. The average Bonchev–Trinajstić information content (AvgIpc) is 2.57. The summed E-state index contributed by atoms with van der Waals surface area (Å²) in [4.78, 5) is 34.1. The molecular formula is C21H28N2O3S. The number of hydrogen-bond acceptors (Lipinski definition) is 6. The zero-order valence-electron chi connectivity index (χ0n) is 16.4. The van der Waals surface area contributed by atoms with Crippen LogP contribution in [0.5, 0.6) is 0 Å². The fourth-order valence-electron chi connectivity index (χ4n) is 6.01. The molecular weight excluding hydrogens is 360 g/mol. The molecule has 4 fully saturated rings. The molecule has 1 aromatic rings. The van der Waals surface area contributed by atoms with E-state index >= 15 is 0 Å². The van der Waals surface area contributed by atoms with Crippen molar-refractivity contribution >= 4 is 23.5 Å². The van der Waals surface area contributed by atoms with E-state index in [2.05, 4.69) is 9.97 Å². The lowest BCUT2D eigenvalue weighted by molar-refractivity contribution is -0.163. The van der Waals surface area contributed by atoms with Gasteiger partial charge in [0.1, 0.15) is 0 Å². The molecule has 5 rings (SSSR count). The van der Waals surface area contributed by atoms with Crippen LogP contribution in [0.25, 0.3) is 0 Å². The molecule has 4 aliphatic carbocycles. The van der Waals surface area contributed by atoms with Gasteiger partial charge in [0.15, 0.2) is 17.0 Å². The first-order valence-corrected chi connectivity index (χ1v) is 11.0. The molecule has 5 nitrogen and oxygen atoms in total. The summed E-state index contributed by atoms with van der Waals surface area (Å²) in [7, 11) is 0. The number of nitrogens with zero attached hydrogens (tertiary/aromatic N) is 2. The quantitative estimate of drug-likeness (QED) is 0.418. The van der Waals surface area contributed by atoms with Gasteiger partial charge in [-0.25, -0.2) is 9.97 Å². The van der Waals surface area contributed by atoms with Gasteiger partial charge in [0.2, 0.25) is 0 Å². The first-order valence-electron chi connectivity index (χ1n) is 10.0. The zero-order valence-corrected chi connectivity index (χ0v) is 17.2. The van der Waals surface area contributed by atoms with Crippen LogP contribution in [0.2, 0.25) is 0 Å². The van der Waals surface area contributed by atoms with E-state index in [0.717, 1.165) is 30.7 Å². The van der Waals surface area contributed by atoms with Gasteiger partial charge in [-0.15, -0.1) is 0 Å². The summed E-state index contributed by atoms with van der Waals surface area (Å²) in [5, 5.41) is 0.574. The highest BCUT2D eigenvalue weighted by atomic mass is 32.2. The summed E-state index contributed by atoms with van der Waals surface area (Å²) in [5.41, 5.74) is 1.53. The smallest absolute Gasteiger partial charge is 0.317 e. The maximum Gasteiger partial charge on any atom is 0.317 e. The molecule has 146 valence electrons. The zero-order chi connectivity index (χ0) is 19.2. The fourth-order valence-corrected chi connectivity index (χ4v) is 6.74. The van der Waals surface area contributed by atoms with Crippen molar-refractivity contribution in [3.63, 3.8) is 0 Å². The number of ether oxygens (including phenoxy) is 1. The molecule has 0 N–H and O–H groups in total. The molecule has 0 spiro atoms. The summed E-state index contributed by atoms with van der Waals surface area (Å²) in [5.74, 6) is 2.04. The highest BCUT2D eigenvalue weighted by Gasteiger charge is 2.55. The second kappa shape index (κ2) is 7.19. The molecule has 0 radical (unpaired) electrons. The summed E-state index contributed by atoms with van der Waals surface area (Å²) in [6.45, 7) is 5.56. The SMILES string of the molecule is Cc1cc(C)nc(SCC(=O)OC(C)C(=O)C23CC4CC(CC(C4)C2)C3)n1. The van der Waals surface area contributed by atoms with Gasteiger partial charge < -0.3 is 4.74 Å². The Morgan fingerprint density at radius 3 is 2.15 bits per heavy atom. The molecule has 4 bridgehead atoms. The van der Waals surface area contributed by atoms with Crippen LogP contribution in [0.15, 0.2) is 11.2 Å². The van der Waals surface area contributed by atoms with E-state index in [9.17, 15) is 9.59 Å². The van der Waals surface area contributed by atoms with Gasteiger partial charge in [0.25, 0.3) is 0 Å². The Hall–Kier alpha value is -1.43. The third-order valence-corrected chi connectivity index (χ3v) is 7.34. The lowest BCUT2D eigenvalue weighted by atomic mass is 9.48. The Morgan fingerprint density at radius 2 is 1.63 bits per heavy atom. The van der Waals surface area contributed by atoms with Crippen molar-refractivity contribution in [2.75, 3.05) is 5.75 Å². The first-order chi connectivity index (χ1) is 12.8. The third-order valence-electron chi connectivity index (χ3n) is 6.52. The maximum atomic E-state index is 13.2. The molecule has 6 heteroatoms. The van der Waals surface area contributed by atoms with Crippen molar-refractivity contribution in [2.24, 2.45) is 23.2 Å². The highest BCUT2D eigenvalue weighted by Crippen LogP contribution is 2.60. The predicted molar refractivity (Wildman–Crippen MR) is 103 cm³/mol. The molecule has 4 saturated carbocycles. The Balaban J connectivity index is 1.34. The van der Waals surface area contributed by atoms with Crippen LogP contribution in [-0.2, 0) is 14.3 Å². The Morgan fingerprint density at radius 1 is 1.11 bits per heavy atom. The number of rotatable bonds is 6. The van der Waals surface area contributed by atoms with Gasteiger partial charge in [0, 0.05) is 16.8 Å². The molecule has 0 aromatic carbocycles. The predicted octanol–water partition coefficient (Wildman–Crippen LogP) is 3.90. The lowest BCUT2D eigenvalue weighted by Crippen LogP contribution is -2.52. The molecule has 1 unspecified atom stereocenters. The molecule has 1 atom stereocenters. The first kappa shape index (κ1) is 18.9. The van der Waals surface area contributed by atoms with E-state index in [1.165, 1.54) is 31.0 Å². The van der Waals surface area contributed by atoms with Crippen LogP contribution in [0.1, 0.15) is 56.8 Å². The Kier molecular flexibility index (Phi) is 5.04. The minimum Gasteiger partial charge on any atom is -0.454 e. The van der Waals surface area contributed by atoms with Crippen LogP contribution < -0.4 is 0 Å². The third kappa shape index (κ3) is 3.91. The van der Waals surface area contributed by atoms with E-state index in [0.29, 0.717) is 22.9 Å². The summed E-state index contributed by atoms with van der Waals surface area (Å²) >= 11 is 1.26. The van der Waals surface area contributed by atoms with E-state index in [1.807, 2.05) is 19.9 Å². The van der Waals surface area contributed by atoms with Crippen molar-refractivity contribution in [2.45, 2.75) is 70.6 Å². The van der Waals surface area contributed by atoms with Crippen molar-refractivity contribution < 1.29 is 14.3 Å². The second-order valence-corrected chi connectivity index (χ2v) is 9.86. The normalized spacial score (nSPS) is 32.3. The summed E-state index contributed by atoms with van der Waals surface area (Å²) in [6, 6.07) is 1.90. The topological polar surface area (TPSA) is 69.2 Å². The molecule has 1 heterocycles. The van der Waals surface area contributed by atoms with Crippen LogP contribution in [0.3, 0.4) is 0 Å². The standard InChI is InChI=1S/C21H28N2O3S/c1-12-4-13(2)23-20(22-12)27-11-18(24)26-14(3)19(25)21-8-15-5-16(9-21)7-17(6-15)10-21/h4,14-17H,5-11H2,1-3H3. The summed E-state index contributed by atoms with van der Waals surface area (Å²) in [6.07, 6.45) is 6.25. The minimum absolute atomic E-state index is 0.126. The number of aryl methyl sites for hydroxylation is 2. The van der Waals surface area contributed by atoms with Crippen LogP contribution >= 0.6 is 11.8 Å². The second-order valence-electron chi connectivity index (χ2n) is 8.92. The number of esters is 1. The van der Waals surface area contributed by atoms with E-state index < -0.39 is 6.10 Å². The molecule has 0 amide bonds. The number of ketones is 1. The fraction of sp³-hybridized carbons (Fsp3) is 0.714. The molecule has 4 aliphatic rings. The number of aromatic nitrogens is 2. The van der Waals surface area contributed by atoms with Crippen LogP contribution in [0.4, 0.5) is 0 Å². The Bertz CT molecular complexity index is 708. The number of Topliss-reactive ketones (excluding diaryl/α,β-unsaturated/α-hetero) is 1. The van der Waals surface area contributed by atoms with Crippen molar-refractivity contribution in [1.29, 1.82) is 0 Å².